The summed E-state index contributed by atoms with van der Waals surface area (Å²) in [5.41, 5.74) is 21.4. The topological polar surface area (TPSA) is 11.4 Å². The molecule has 9 aromatic carbocycles. The lowest BCUT2D eigenvalue weighted by Gasteiger charge is -2.31. The fourth-order valence-corrected chi connectivity index (χ4v) is 10.2. The van der Waals surface area contributed by atoms with Crippen LogP contribution in [0.15, 0.2) is 224 Å². The zero-order valence-corrected chi connectivity index (χ0v) is 34.7. The Bertz CT molecular complexity index is 3310. The van der Waals surface area contributed by atoms with Gasteiger partial charge < -0.3 is 14.4 Å². The molecule has 1 aliphatic heterocycles. The van der Waals surface area contributed by atoms with Gasteiger partial charge >= 0.3 is 0 Å². The molecule has 0 atom stereocenters. The highest BCUT2D eigenvalue weighted by molar-refractivity contribution is 6.13. The fraction of sp³-hybridized carbons (Fsp3) is 0.0508. The summed E-state index contributed by atoms with van der Waals surface area (Å²) in [6.07, 6.45) is 0. The molecular weight excluding hydrogens is 751 g/mol. The van der Waals surface area contributed by atoms with E-state index in [9.17, 15) is 0 Å². The van der Waals surface area contributed by atoms with E-state index in [2.05, 4.69) is 253 Å². The van der Waals surface area contributed by atoms with E-state index in [1.54, 1.807) is 0 Å². The number of anilines is 6. The molecule has 0 amide bonds. The lowest BCUT2D eigenvalue weighted by Crippen LogP contribution is -2.17. The van der Waals surface area contributed by atoms with Crippen molar-refractivity contribution in [2.45, 2.75) is 19.3 Å². The number of rotatable bonds is 6. The van der Waals surface area contributed by atoms with Crippen molar-refractivity contribution >= 4 is 45.0 Å². The standard InChI is InChI=1S/C59H43N3/c1-59(2)52-27-15-12-24-47(52)48-36-34-46(39-53(48)59)60(44-32-30-41(31-33-44)40-18-6-3-7-19-40)45-35-37-56-51(38-45)57-49-25-13-16-28-54(49)62(43-22-10-5-11-23-43)58(57)50-26-14-17-29-55(50)61(56)42-20-8-4-9-21-42/h3-39H,1-2H3. The molecule has 62 heavy (non-hydrogen) atoms. The highest BCUT2D eigenvalue weighted by Gasteiger charge is 2.36. The number of hydrogen-bond donors (Lipinski definition) is 0. The monoisotopic (exact) mass is 793 g/mol. The van der Waals surface area contributed by atoms with E-state index in [-0.39, 0.29) is 5.41 Å². The normalized spacial score (nSPS) is 13.1. The van der Waals surface area contributed by atoms with Crippen LogP contribution in [0.25, 0.3) is 61.2 Å². The smallest absolute Gasteiger partial charge is 0.0641 e. The Hall–Kier alpha value is -7.88. The summed E-state index contributed by atoms with van der Waals surface area (Å²) in [4.78, 5) is 4.90. The molecule has 2 aliphatic rings. The van der Waals surface area contributed by atoms with E-state index in [1.807, 2.05) is 0 Å². The quantitative estimate of drug-likeness (QED) is 0.166. The molecule has 12 rings (SSSR count). The van der Waals surface area contributed by atoms with Crippen LogP contribution in [0.5, 0.6) is 0 Å². The first-order valence-corrected chi connectivity index (χ1v) is 21.5. The summed E-state index contributed by atoms with van der Waals surface area (Å²) in [6.45, 7) is 4.73. The van der Waals surface area contributed by atoms with Gasteiger partial charge in [0, 0.05) is 55.9 Å². The van der Waals surface area contributed by atoms with Crippen molar-refractivity contribution in [3.63, 3.8) is 0 Å². The first-order valence-electron chi connectivity index (χ1n) is 21.5. The van der Waals surface area contributed by atoms with Crippen LogP contribution in [-0.2, 0) is 5.41 Å². The van der Waals surface area contributed by atoms with Crippen molar-refractivity contribution in [2.75, 3.05) is 9.80 Å². The zero-order chi connectivity index (χ0) is 41.4. The predicted octanol–water partition coefficient (Wildman–Crippen LogP) is 16.2. The maximum Gasteiger partial charge on any atom is 0.0641 e. The Morgan fingerprint density at radius 3 is 1.71 bits per heavy atom. The van der Waals surface area contributed by atoms with Crippen LogP contribution in [0, 0.1) is 0 Å². The third-order valence-corrected chi connectivity index (χ3v) is 13.1. The molecular formula is C59H43N3. The summed E-state index contributed by atoms with van der Waals surface area (Å²) in [6, 6.07) is 82.2. The molecule has 0 N–H and O–H groups in total. The van der Waals surface area contributed by atoms with Crippen molar-refractivity contribution in [1.29, 1.82) is 0 Å². The first-order chi connectivity index (χ1) is 30.5. The van der Waals surface area contributed by atoms with Crippen molar-refractivity contribution in [3.05, 3.63) is 236 Å². The van der Waals surface area contributed by atoms with Crippen LogP contribution in [-0.4, -0.2) is 4.57 Å². The number of benzene rings is 9. The predicted molar refractivity (Wildman–Crippen MR) is 260 cm³/mol. The van der Waals surface area contributed by atoms with Gasteiger partial charge in [0.1, 0.15) is 0 Å². The Kier molecular flexibility index (Phi) is 8.20. The van der Waals surface area contributed by atoms with Gasteiger partial charge in [-0.1, -0.05) is 159 Å². The molecule has 10 aromatic rings. The van der Waals surface area contributed by atoms with Gasteiger partial charge in [0.15, 0.2) is 0 Å². The molecule has 0 saturated heterocycles. The molecule has 3 nitrogen and oxygen atoms in total. The molecule has 2 heterocycles. The molecule has 0 radical (unpaired) electrons. The van der Waals surface area contributed by atoms with E-state index in [4.69, 9.17) is 0 Å². The van der Waals surface area contributed by atoms with Crippen molar-refractivity contribution in [2.24, 2.45) is 0 Å². The summed E-state index contributed by atoms with van der Waals surface area (Å²) in [5.74, 6) is 0. The van der Waals surface area contributed by atoms with Gasteiger partial charge in [-0.3, -0.25) is 0 Å². The summed E-state index contributed by atoms with van der Waals surface area (Å²) in [5, 5.41) is 1.21. The van der Waals surface area contributed by atoms with Crippen LogP contribution in [0.4, 0.5) is 34.1 Å². The molecule has 0 spiro atoms. The van der Waals surface area contributed by atoms with Gasteiger partial charge in [0.2, 0.25) is 0 Å². The molecule has 0 saturated carbocycles. The first kappa shape index (κ1) is 36.0. The van der Waals surface area contributed by atoms with E-state index < -0.39 is 0 Å². The second-order valence-corrected chi connectivity index (χ2v) is 17.0. The minimum absolute atomic E-state index is 0.144. The van der Waals surface area contributed by atoms with E-state index in [0.717, 1.165) is 39.8 Å². The maximum absolute atomic E-state index is 2.47. The molecule has 294 valence electrons. The number of hydrogen-bond acceptors (Lipinski definition) is 2. The van der Waals surface area contributed by atoms with Crippen LogP contribution < -0.4 is 9.80 Å². The van der Waals surface area contributed by atoms with Gasteiger partial charge in [0.05, 0.1) is 22.6 Å². The number of fused-ring (bicyclic) bond motifs is 10. The SMILES string of the molecule is CC1(C)c2ccccc2-c2ccc(N(c3ccc(-c4ccccc4)cc3)c3ccc4c(c3)-c3c(n(-c5ccccc5)c5ccccc35)-c3ccccc3N4c3ccccc3)cc21. The highest BCUT2D eigenvalue weighted by atomic mass is 15.2. The van der Waals surface area contributed by atoms with Crippen molar-refractivity contribution < 1.29 is 0 Å². The molecule has 1 aliphatic carbocycles. The number of nitrogens with zero attached hydrogens (tertiary/aromatic N) is 3. The van der Waals surface area contributed by atoms with Crippen LogP contribution >= 0.6 is 0 Å². The number of para-hydroxylation sites is 4. The second-order valence-electron chi connectivity index (χ2n) is 17.0. The van der Waals surface area contributed by atoms with Gasteiger partial charge in [-0.15, -0.1) is 0 Å². The lowest BCUT2D eigenvalue weighted by atomic mass is 9.82. The molecule has 1 aromatic heterocycles. The minimum atomic E-state index is -0.144. The average molecular weight is 794 g/mol. The van der Waals surface area contributed by atoms with E-state index in [0.29, 0.717) is 0 Å². The minimum Gasteiger partial charge on any atom is -0.310 e. The Labute approximate surface area is 363 Å². The summed E-state index contributed by atoms with van der Waals surface area (Å²) >= 11 is 0. The van der Waals surface area contributed by atoms with Crippen LogP contribution in [0.3, 0.4) is 0 Å². The number of aromatic nitrogens is 1. The van der Waals surface area contributed by atoms with Crippen molar-refractivity contribution in [1.82, 2.24) is 4.57 Å². The zero-order valence-electron chi connectivity index (χ0n) is 34.7. The summed E-state index contributed by atoms with van der Waals surface area (Å²) < 4.78 is 2.47. The Morgan fingerprint density at radius 2 is 0.935 bits per heavy atom. The van der Waals surface area contributed by atoms with Gasteiger partial charge in [-0.05, 0) is 112 Å². The van der Waals surface area contributed by atoms with E-state index >= 15 is 0 Å². The van der Waals surface area contributed by atoms with E-state index in [1.165, 1.54) is 66.7 Å². The second kappa shape index (κ2) is 14.1. The van der Waals surface area contributed by atoms with Crippen LogP contribution in [0.1, 0.15) is 25.0 Å². The van der Waals surface area contributed by atoms with Gasteiger partial charge in [-0.25, -0.2) is 0 Å². The largest absolute Gasteiger partial charge is 0.310 e. The molecule has 0 bridgehead atoms. The Morgan fingerprint density at radius 1 is 0.387 bits per heavy atom. The fourth-order valence-electron chi connectivity index (χ4n) is 10.2. The summed E-state index contributed by atoms with van der Waals surface area (Å²) in [7, 11) is 0. The molecule has 0 fully saturated rings. The average Bonchev–Trinajstić information content (AvgIpc) is 3.74. The van der Waals surface area contributed by atoms with Crippen LogP contribution in [0.2, 0.25) is 0 Å². The lowest BCUT2D eigenvalue weighted by molar-refractivity contribution is 0.660. The molecule has 0 unspecified atom stereocenters. The van der Waals surface area contributed by atoms with Gasteiger partial charge in [0.25, 0.3) is 0 Å². The third kappa shape index (κ3) is 5.52. The third-order valence-electron chi connectivity index (χ3n) is 13.1. The highest BCUT2D eigenvalue weighted by Crippen LogP contribution is 2.56. The van der Waals surface area contributed by atoms with Gasteiger partial charge in [-0.2, -0.15) is 0 Å². The van der Waals surface area contributed by atoms with Crippen molar-refractivity contribution in [3.8, 4) is 50.3 Å². The Balaban J connectivity index is 1.14. The maximum atomic E-state index is 2.47. The molecule has 3 heteroatoms.